The van der Waals surface area contributed by atoms with E-state index in [-0.39, 0.29) is 11.4 Å². The summed E-state index contributed by atoms with van der Waals surface area (Å²) in [5.74, 6) is 0. The molecular formula is C14H18BrN3O2S. The first kappa shape index (κ1) is 16.2. The summed E-state index contributed by atoms with van der Waals surface area (Å²) in [6, 6.07) is 9.21. The monoisotopic (exact) mass is 371 g/mol. The number of nitrogens with zero attached hydrogens (tertiary/aromatic N) is 1. The quantitative estimate of drug-likeness (QED) is 0.815. The molecule has 0 fully saturated rings. The first-order valence-corrected chi connectivity index (χ1v) is 8.74. The summed E-state index contributed by atoms with van der Waals surface area (Å²) in [5, 5.41) is 3.01. The first-order chi connectivity index (χ1) is 9.94. The van der Waals surface area contributed by atoms with Crippen LogP contribution in [-0.2, 0) is 30.2 Å². The standard InChI is InChI=1S/C14H18BrN3O2S/c1-16-9-12-7-13(10-18(12)2)21(19,20)17-8-11-5-3-4-6-14(11)15/h3-7,10,16-17H,8-9H2,1-2H3. The minimum atomic E-state index is -3.51. The minimum absolute atomic E-state index is 0.250. The third-order valence-corrected chi connectivity index (χ3v) is 5.30. The van der Waals surface area contributed by atoms with Crippen molar-refractivity contribution in [2.24, 2.45) is 7.05 Å². The maximum absolute atomic E-state index is 12.3. The van der Waals surface area contributed by atoms with Crippen molar-refractivity contribution >= 4 is 26.0 Å². The highest BCUT2D eigenvalue weighted by molar-refractivity contribution is 9.10. The number of aromatic nitrogens is 1. The summed E-state index contributed by atoms with van der Waals surface area (Å²) in [4.78, 5) is 0.280. The van der Waals surface area contributed by atoms with E-state index in [9.17, 15) is 8.42 Å². The third-order valence-electron chi connectivity index (χ3n) is 3.16. The molecule has 0 atom stereocenters. The molecule has 0 saturated heterocycles. The highest BCUT2D eigenvalue weighted by Gasteiger charge is 2.17. The molecule has 7 heteroatoms. The number of halogens is 1. The molecule has 5 nitrogen and oxygen atoms in total. The minimum Gasteiger partial charge on any atom is -0.352 e. The van der Waals surface area contributed by atoms with E-state index in [2.05, 4.69) is 26.0 Å². The van der Waals surface area contributed by atoms with Crippen molar-refractivity contribution in [1.82, 2.24) is 14.6 Å². The van der Waals surface area contributed by atoms with Gasteiger partial charge in [0, 0.05) is 36.5 Å². The fraction of sp³-hybridized carbons (Fsp3) is 0.286. The van der Waals surface area contributed by atoms with E-state index in [0.29, 0.717) is 6.54 Å². The smallest absolute Gasteiger partial charge is 0.242 e. The number of aryl methyl sites for hydroxylation is 1. The van der Waals surface area contributed by atoms with E-state index < -0.39 is 10.0 Å². The lowest BCUT2D eigenvalue weighted by Crippen LogP contribution is -2.23. The zero-order valence-corrected chi connectivity index (χ0v) is 14.3. The summed E-state index contributed by atoms with van der Waals surface area (Å²) < 4.78 is 30.0. The van der Waals surface area contributed by atoms with Crippen molar-refractivity contribution in [3.05, 3.63) is 52.3 Å². The first-order valence-electron chi connectivity index (χ1n) is 6.47. The summed E-state index contributed by atoms with van der Waals surface area (Å²) >= 11 is 3.41. The number of hydrogen-bond donors (Lipinski definition) is 2. The molecule has 0 spiro atoms. The summed E-state index contributed by atoms with van der Waals surface area (Å²) in [6.45, 7) is 0.871. The zero-order chi connectivity index (χ0) is 15.5. The molecule has 2 aromatic rings. The number of sulfonamides is 1. The molecular weight excluding hydrogens is 354 g/mol. The van der Waals surface area contributed by atoms with Gasteiger partial charge in [-0.25, -0.2) is 13.1 Å². The Kier molecular flexibility index (Phi) is 5.21. The molecule has 0 amide bonds. The molecule has 0 unspecified atom stereocenters. The van der Waals surface area contributed by atoms with Gasteiger partial charge in [0.05, 0.1) is 4.90 Å². The van der Waals surface area contributed by atoms with Crippen molar-refractivity contribution in [1.29, 1.82) is 0 Å². The van der Waals surface area contributed by atoms with Gasteiger partial charge in [-0.1, -0.05) is 34.1 Å². The molecule has 2 N–H and O–H groups in total. The third kappa shape index (κ3) is 3.94. The molecule has 0 radical (unpaired) electrons. The Bertz CT molecular complexity index is 726. The predicted molar refractivity (Wildman–Crippen MR) is 86.3 cm³/mol. The van der Waals surface area contributed by atoms with E-state index in [0.717, 1.165) is 15.7 Å². The van der Waals surface area contributed by atoms with Crippen molar-refractivity contribution < 1.29 is 8.42 Å². The highest BCUT2D eigenvalue weighted by atomic mass is 79.9. The maximum Gasteiger partial charge on any atom is 0.242 e. The van der Waals surface area contributed by atoms with Gasteiger partial charge in [0.25, 0.3) is 0 Å². The van der Waals surface area contributed by atoms with Crippen molar-refractivity contribution in [3.63, 3.8) is 0 Å². The van der Waals surface area contributed by atoms with Crippen LogP contribution in [-0.4, -0.2) is 20.0 Å². The van der Waals surface area contributed by atoms with E-state index in [4.69, 9.17) is 0 Å². The molecule has 0 bridgehead atoms. The van der Waals surface area contributed by atoms with Crippen LogP contribution < -0.4 is 10.0 Å². The van der Waals surface area contributed by atoms with E-state index in [1.807, 2.05) is 42.9 Å². The van der Waals surface area contributed by atoms with Gasteiger partial charge in [-0.05, 0) is 24.7 Å². The van der Waals surface area contributed by atoms with Gasteiger partial charge in [-0.15, -0.1) is 0 Å². The number of nitrogens with one attached hydrogen (secondary N) is 2. The van der Waals surface area contributed by atoms with E-state index in [1.54, 1.807) is 12.3 Å². The average Bonchev–Trinajstić information content (AvgIpc) is 2.81. The van der Waals surface area contributed by atoms with Crippen LogP contribution >= 0.6 is 15.9 Å². The van der Waals surface area contributed by atoms with Gasteiger partial charge in [0.15, 0.2) is 0 Å². The van der Waals surface area contributed by atoms with Gasteiger partial charge in [0.2, 0.25) is 10.0 Å². The van der Waals surface area contributed by atoms with Gasteiger partial charge in [-0.2, -0.15) is 0 Å². The maximum atomic E-state index is 12.3. The van der Waals surface area contributed by atoms with Gasteiger partial charge >= 0.3 is 0 Å². The van der Waals surface area contributed by atoms with E-state index in [1.165, 1.54) is 0 Å². The molecule has 0 aliphatic heterocycles. The Labute approximate surface area is 133 Å². The van der Waals surface area contributed by atoms with E-state index >= 15 is 0 Å². The molecule has 0 saturated carbocycles. The lowest BCUT2D eigenvalue weighted by Gasteiger charge is -2.06. The molecule has 0 aliphatic rings. The van der Waals surface area contributed by atoms with Crippen molar-refractivity contribution in [3.8, 4) is 0 Å². The Morgan fingerprint density at radius 1 is 1.24 bits per heavy atom. The molecule has 1 heterocycles. The molecule has 1 aromatic heterocycles. The van der Waals surface area contributed by atoms with Crippen LogP contribution in [0.15, 0.2) is 45.9 Å². The number of rotatable bonds is 6. The average molecular weight is 372 g/mol. The normalized spacial score (nSPS) is 11.8. The Morgan fingerprint density at radius 2 is 1.95 bits per heavy atom. The molecule has 21 heavy (non-hydrogen) atoms. The molecule has 114 valence electrons. The second kappa shape index (κ2) is 6.74. The lowest BCUT2D eigenvalue weighted by atomic mass is 10.2. The second-order valence-corrected chi connectivity index (χ2v) is 7.35. The summed E-state index contributed by atoms with van der Waals surface area (Å²) in [5.41, 5.74) is 1.81. The fourth-order valence-electron chi connectivity index (χ4n) is 1.98. The van der Waals surface area contributed by atoms with Crippen LogP contribution in [0.3, 0.4) is 0 Å². The topological polar surface area (TPSA) is 63.1 Å². The van der Waals surface area contributed by atoms with Gasteiger partial charge in [-0.3, -0.25) is 0 Å². The summed E-state index contributed by atoms with van der Waals surface area (Å²) in [7, 11) is 0.144. The van der Waals surface area contributed by atoms with Crippen LogP contribution in [0.25, 0.3) is 0 Å². The predicted octanol–water partition coefficient (Wildman–Crippen LogP) is 1.99. The largest absolute Gasteiger partial charge is 0.352 e. The summed E-state index contributed by atoms with van der Waals surface area (Å²) in [6.07, 6.45) is 1.62. The zero-order valence-electron chi connectivity index (χ0n) is 11.9. The fourth-order valence-corrected chi connectivity index (χ4v) is 3.50. The molecule has 0 aliphatic carbocycles. The SMILES string of the molecule is CNCc1cc(S(=O)(=O)NCc2ccccc2Br)cn1C. The molecule has 1 aromatic carbocycles. The van der Waals surface area contributed by atoms with Crippen LogP contribution in [0.1, 0.15) is 11.3 Å². The van der Waals surface area contributed by atoms with Gasteiger partial charge in [0.1, 0.15) is 0 Å². The van der Waals surface area contributed by atoms with Crippen LogP contribution in [0.4, 0.5) is 0 Å². The second-order valence-electron chi connectivity index (χ2n) is 4.72. The Balaban J connectivity index is 2.15. The lowest BCUT2D eigenvalue weighted by molar-refractivity contribution is 0.581. The van der Waals surface area contributed by atoms with Crippen molar-refractivity contribution in [2.45, 2.75) is 18.0 Å². The van der Waals surface area contributed by atoms with Crippen molar-refractivity contribution in [2.75, 3.05) is 7.05 Å². The van der Waals surface area contributed by atoms with Crippen LogP contribution in [0.5, 0.6) is 0 Å². The van der Waals surface area contributed by atoms with Crippen LogP contribution in [0.2, 0.25) is 0 Å². The number of hydrogen-bond acceptors (Lipinski definition) is 3. The van der Waals surface area contributed by atoms with Gasteiger partial charge < -0.3 is 9.88 Å². The number of benzene rings is 1. The van der Waals surface area contributed by atoms with Crippen LogP contribution in [0, 0.1) is 0 Å². The Morgan fingerprint density at radius 3 is 2.62 bits per heavy atom. The highest BCUT2D eigenvalue weighted by Crippen LogP contribution is 2.18. The Hall–Kier alpha value is -1.15. The molecule has 2 rings (SSSR count).